The third-order valence-corrected chi connectivity index (χ3v) is 5.35. The van der Waals surface area contributed by atoms with Crippen LogP contribution in [0.2, 0.25) is 0 Å². The Bertz CT molecular complexity index is 477. The number of thiocarbonyl (C=S) groups is 1. The number of likely N-dealkylation sites (tertiary alicyclic amines) is 1. The lowest BCUT2D eigenvalue weighted by atomic mass is 9.96. The molecule has 23 heavy (non-hydrogen) atoms. The van der Waals surface area contributed by atoms with Crippen molar-refractivity contribution in [3.8, 4) is 0 Å². The molecule has 3 rings (SSSR count). The van der Waals surface area contributed by atoms with Crippen LogP contribution in [-0.2, 0) is 6.54 Å². The molecule has 126 valence electrons. The lowest BCUT2D eigenvalue weighted by molar-refractivity contribution is 0.198. The molecule has 2 N–H and O–H groups in total. The zero-order valence-corrected chi connectivity index (χ0v) is 14.8. The SMILES string of the molecule is S=C(NC1CCCCC1)NC1CCN(Cc2ccccc2)CC1. The monoisotopic (exact) mass is 331 g/mol. The molecule has 1 saturated heterocycles. The molecule has 0 amide bonds. The molecule has 1 aromatic rings. The number of piperidine rings is 1. The van der Waals surface area contributed by atoms with Crippen LogP contribution in [0.1, 0.15) is 50.5 Å². The fraction of sp³-hybridized carbons (Fsp3) is 0.632. The highest BCUT2D eigenvalue weighted by Crippen LogP contribution is 2.18. The number of nitrogens with one attached hydrogen (secondary N) is 2. The molecule has 1 saturated carbocycles. The van der Waals surface area contributed by atoms with Crippen LogP contribution in [0.4, 0.5) is 0 Å². The van der Waals surface area contributed by atoms with Gasteiger partial charge in [0, 0.05) is 31.7 Å². The van der Waals surface area contributed by atoms with Crippen LogP contribution in [0.25, 0.3) is 0 Å². The average molecular weight is 332 g/mol. The topological polar surface area (TPSA) is 27.3 Å². The van der Waals surface area contributed by atoms with Gasteiger partial charge in [-0.2, -0.15) is 0 Å². The number of hydrogen-bond acceptors (Lipinski definition) is 2. The van der Waals surface area contributed by atoms with Crippen molar-refractivity contribution in [1.82, 2.24) is 15.5 Å². The van der Waals surface area contributed by atoms with Gasteiger partial charge in [0.15, 0.2) is 5.11 Å². The zero-order valence-electron chi connectivity index (χ0n) is 14.0. The van der Waals surface area contributed by atoms with Gasteiger partial charge in [0.2, 0.25) is 0 Å². The molecule has 1 aliphatic heterocycles. The number of benzene rings is 1. The molecule has 3 nitrogen and oxygen atoms in total. The lowest BCUT2D eigenvalue weighted by Crippen LogP contribution is -2.50. The molecule has 0 atom stereocenters. The summed E-state index contributed by atoms with van der Waals surface area (Å²) in [6.07, 6.45) is 8.99. The maximum atomic E-state index is 5.51. The summed E-state index contributed by atoms with van der Waals surface area (Å²) in [6, 6.07) is 11.9. The van der Waals surface area contributed by atoms with Crippen molar-refractivity contribution in [2.45, 2.75) is 63.6 Å². The maximum absolute atomic E-state index is 5.51. The van der Waals surface area contributed by atoms with Crippen LogP contribution in [-0.4, -0.2) is 35.2 Å². The molecule has 2 fully saturated rings. The van der Waals surface area contributed by atoms with Crippen molar-refractivity contribution in [1.29, 1.82) is 0 Å². The molecule has 0 aromatic heterocycles. The predicted octanol–water partition coefficient (Wildman–Crippen LogP) is 3.45. The van der Waals surface area contributed by atoms with E-state index in [4.69, 9.17) is 12.2 Å². The van der Waals surface area contributed by atoms with Crippen molar-refractivity contribution in [3.05, 3.63) is 35.9 Å². The standard InChI is InChI=1S/C19H29N3S/c23-19(20-17-9-5-2-6-10-17)21-18-11-13-22(14-12-18)15-16-7-3-1-4-8-16/h1,3-4,7-8,17-18H,2,5-6,9-15H2,(H2,20,21,23). The van der Waals surface area contributed by atoms with E-state index in [1.165, 1.54) is 50.5 Å². The van der Waals surface area contributed by atoms with Gasteiger partial charge in [-0.25, -0.2) is 0 Å². The van der Waals surface area contributed by atoms with Gasteiger partial charge in [-0.3, -0.25) is 4.90 Å². The van der Waals surface area contributed by atoms with Gasteiger partial charge in [0.1, 0.15) is 0 Å². The molecule has 1 aromatic carbocycles. The first-order valence-corrected chi connectivity index (χ1v) is 9.54. The van der Waals surface area contributed by atoms with E-state index in [0.29, 0.717) is 12.1 Å². The molecular formula is C19H29N3S. The van der Waals surface area contributed by atoms with Crippen LogP contribution >= 0.6 is 12.2 Å². The minimum atomic E-state index is 0.533. The van der Waals surface area contributed by atoms with E-state index in [9.17, 15) is 0 Å². The summed E-state index contributed by atoms with van der Waals surface area (Å²) < 4.78 is 0. The van der Waals surface area contributed by atoms with Crippen molar-refractivity contribution in [3.63, 3.8) is 0 Å². The van der Waals surface area contributed by atoms with E-state index in [-0.39, 0.29) is 0 Å². The largest absolute Gasteiger partial charge is 0.360 e. The Labute approximate surface area is 145 Å². The van der Waals surface area contributed by atoms with Gasteiger partial charge in [-0.15, -0.1) is 0 Å². The minimum absolute atomic E-state index is 0.533. The first-order valence-electron chi connectivity index (χ1n) is 9.13. The summed E-state index contributed by atoms with van der Waals surface area (Å²) in [4.78, 5) is 2.55. The van der Waals surface area contributed by atoms with Crippen LogP contribution in [0.5, 0.6) is 0 Å². The molecule has 0 unspecified atom stereocenters. The second-order valence-electron chi connectivity index (χ2n) is 6.99. The van der Waals surface area contributed by atoms with Gasteiger partial charge in [0.05, 0.1) is 0 Å². The smallest absolute Gasteiger partial charge is 0.166 e. The van der Waals surface area contributed by atoms with Crippen molar-refractivity contribution < 1.29 is 0 Å². The summed E-state index contributed by atoms with van der Waals surface area (Å²) in [5.41, 5.74) is 1.41. The predicted molar refractivity (Wildman–Crippen MR) is 100 cm³/mol. The second-order valence-corrected chi connectivity index (χ2v) is 7.40. The maximum Gasteiger partial charge on any atom is 0.166 e. The lowest BCUT2D eigenvalue weighted by Gasteiger charge is -2.34. The Morgan fingerprint density at radius 1 is 0.913 bits per heavy atom. The fourth-order valence-electron chi connectivity index (χ4n) is 3.74. The Kier molecular flexibility index (Phi) is 6.29. The van der Waals surface area contributed by atoms with E-state index < -0.39 is 0 Å². The van der Waals surface area contributed by atoms with Crippen molar-refractivity contribution in [2.24, 2.45) is 0 Å². The highest BCUT2D eigenvalue weighted by atomic mass is 32.1. The third kappa shape index (κ3) is 5.47. The normalized spacial score (nSPS) is 21.0. The van der Waals surface area contributed by atoms with Gasteiger partial charge in [0.25, 0.3) is 0 Å². The van der Waals surface area contributed by atoms with E-state index in [2.05, 4.69) is 45.9 Å². The summed E-state index contributed by atoms with van der Waals surface area (Å²) in [5.74, 6) is 0. The third-order valence-electron chi connectivity index (χ3n) is 5.11. The van der Waals surface area contributed by atoms with Crippen LogP contribution in [0.15, 0.2) is 30.3 Å². The van der Waals surface area contributed by atoms with Gasteiger partial charge >= 0.3 is 0 Å². The first-order chi connectivity index (χ1) is 11.3. The molecular weight excluding hydrogens is 302 g/mol. The summed E-state index contributed by atoms with van der Waals surface area (Å²) in [6.45, 7) is 3.37. The molecule has 2 aliphatic rings. The average Bonchev–Trinajstić information content (AvgIpc) is 2.58. The van der Waals surface area contributed by atoms with Crippen molar-refractivity contribution >= 4 is 17.3 Å². The Morgan fingerprint density at radius 2 is 1.52 bits per heavy atom. The van der Waals surface area contributed by atoms with Crippen LogP contribution < -0.4 is 10.6 Å². The Balaban J connectivity index is 1.36. The highest BCUT2D eigenvalue weighted by molar-refractivity contribution is 7.80. The second kappa shape index (κ2) is 8.65. The van der Waals surface area contributed by atoms with Gasteiger partial charge in [-0.05, 0) is 43.5 Å². The molecule has 4 heteroatoms. The number of rotatable bonds is 4. The summed E-state index contributed by atoms with van der Waals surface area (Å²) in [5, 5.41) is 7.94. The first kappa shape index (κ1) is 16.7. The zero-order chi connectivity index (χ0) is 15.9. The van der Waals surface area contributed by atoms with E-state index in [0.717, 1.165) is 24.7 Å². The Hall–Kier alpha value is -1.13. The van der Waals surface area contributed by atoms with E-state index in [1.54, 1.807) is 0 Å². The minimum Gasteiger partial charge on any atom is -0.360 e. The molecule has 0 spiro atoms. The van der Waals surface area contributed by atoms with Crippen LogP contribution in [0.3, 0.4) is 0 Å². The molecule has 0 radical (unpaired) electrons. The van der Waals surface area contributed by atoms with Gasteiger partial charge in [-0.1, -0.05) is 49.6 Å². The quantitative estimate of drug-likeness (QED) is 0.827. The fourth-order valence-corrected chi connectivity index (χ4v) is 4.07. The number of hydrogen-bond donors (Lipinski definition) is 2. The van der Waals surface area contributed by atoms with Crippen LogP contribution in [0, 0.1) is 0 Å². The van der Waals surface area contributed by atoms with Crippen molar-refractivity contribution in [2.75, 3.05) is 13.1 Å². The highest BCUT2D eigenvalue weighted by Gasteiger charge is 2.21. The number of nitrogens with zero attached hydrogens (tertiary/aromatic N) is 1. The van der Waals surface area contributed by atoms with E-state index in [1.807, 2.05) is 0 Å². The Morgan fingerprint density at radius 3 is 2.17 bits per heavy atom. The summed E-state index contributed by atoms with van der Waals surface area (Å²) in [7, 11) is 0. The molecule has 0 bridgehead atoms. The molecule has 1 heterocycles. The van der Waals surface area contributed by atoms with E-state index >= 15 is 0 Å². The van der Waals surface area contributed by atoms with Gasteiger partial charge < -0.3 is 10.6 Å². The summed E-state index contributed by atoms with van der Waals surface area (Å²) >= 11 is 5.51. The molecule has 1 aliphatic carbocycles.